The van der Waals surface area contributed by atoms with E-state index in [-0.39, 0.29) is 21.9 Å². The number of nitrogens with one attached hydrogen (secondary N) is 1. The van der Waals surface area contributed by atoms with Gasteiger partial charge in [0, 0.05) is 41.8 Å². The second-order valence-electron chi connectivity index (χ2n) is 6.96. The molecule has 1 aliphatic rings. The standard InChI is InChI=1S/C21H25FN2O3S2/c1-3-21(25)23-16-8-9-20(15(2)14-16)29(26,27)24-11-10-19(28-13-12-24)17-6-4-5-7-18(17)22/h4-9,14,19H,3,10-13H2,1-2H3,(H,23,25). The number of carbonyl (C=O) groups excluding carboxylic acids is 1. The van der Waals surface area contributed by atoms with Gasteiger partial charge in [0.25, 0.3) is 0 Å². The molecule has 1 fully saturated rings. The Labute approximate surface area is 175 Å². The Morgan fingerprint density at radius 1 is 1.24 bits per heavy atom. The molecular weight excluding hydrogens is 411 g/mol. The van der Waals surface area contributed by atoms with Crippen molar-refractivity contribution in [1.29, 1.82) is 0 Å². The number of hydrogen-bond acceptors (Lipinski definition) is 4. The van der Waals surface area contributed by atoms with Crippen LogP contribution in [0.5, 0.6) is 0 Å². The Morgan fingerprint density at radius 3 is 2.69 bits per heavy atom. The third-order valence-electron chi connectivity index (χ3n) is 4.95. The molecule has 0 aromatic heterocycles. The normalized spacial score (nSPS) is 18.2. The van der Waals surface area contributed by atoms with Crippen molar-refractivity contribution in [1.82, 2.24) is 4.31 Å². The first-order valence-electron chi connectivity index (χ1n) is 9.59. The number of aryl methyl sites for hydroxylation is 1. The number of halogens is 1. The van der Waals surface area contributed by atoms with Gasteiger partial charge in [0.1, 0.15) is 5.82 Å². The van der Waals surface area contributed by atoms with Gasteiger partial charge in [0.2, 0.25) is 15.9 Å². The van der Waals surface area contributed by atoms with Crippen LogP contribution in [0.3, 0.4) is 0 Å². The smallest absolute Gasteiger partial charge is 0.243 e. The van der Waals surface area contributed by atoms with Gasteiger partial charge in [-0.25, -0.2) is 12.8 Å². The molecule has 1 aliphatic heterocycles. The van der Waals surface area contributed by atoms with Crippen molar-refractivity contribution in [3.05, 3.63) is 59.4 Å². The largest absolute Gasteiger partial charge is 0.326 e. The van der Waals surface area contributed by atoms with Gasteiger partial charge in [0.15, 0.2) is 0 Å². The quantitative estimate of drug-likeness (QED) is 0.757. The van der Waals surface area contributed by atoms with Crippen LogP contribution < -0.4 is 5.32 Å². The molecule has 2 aromatic carbocycles. The van der Waals surface area contributed by atoms with E-state index in [1.54, 1.807) is 62.0 Å². The zero-order chi connectivity index (χ0) is 21.0. The Bertz CT molecular complexity index is 995. The number of nitrogens with zero attached hydrogens (tertiary/aromatic N) is 1. The molecule has 1 saturated heterocycles. The van der Waals surface area contributed by atoms with E-state index in [4.69, 9.17) is 0 Å². The predicted molar refractivity (Wildman–Crippen MR) is 115 cm³/mol. The SMILES string of the molecule is CCC(=O)Nc1ccc(S(=O)(=O)N2CCSC(c3ccccc3F)CC2)c(C)c1. The fourth-order valence-electron chi connectivity index (χ4n) is 3.38. The van der Waals surface area contributed by atoms with Crippen LogP contribution in [0.15, 0.2) is 47.4 Å². The number of anilines is 1. The van der Waals surface area contributed by atoms with Crippen LogP contribution in [-0.2, 0) is 14.8 Å². The molecule has 1 atom stereocenters. The fraction of sp³-hybridized carbons (Fsp3) is 0.381. The average molecular weight is 437 g/mol. The second-order valence-corrected chi connectivity index (χ2v) is 10.2. The second kappa shape index (κ2) is 9.28. The molecule has 5 nitrogen and oxygen atoms in total. The topological polar surface area (TPSA) is 66.5 Å². The van der Waals surface area contributed by atoms with E-state index >= 15 is 0 Å². The summed E-state index contributed by atoms with van der Waals surface area (Å²) in [5.41, 5.74) is 1.80. The van der Waals surface area contributed by atoms with Crippen molar-refractivity contribution in [3.63, 3.8) is 0 Å². The summed E-state index contributed by atoms with van der Waals surface area (Å²) in [5, 5.41) is 2.68. The lowest BCUT2D eigenvalue weighted by molar-refractivity contribution is -0.115. The predicted octanol–water partition coefficient (Wildman–Crippen LogP) is 4.35. The average Bonchev–Trinajstić information content (AvgIpc) is 2.95. The number of sulfonamides is 1. The van der Waals surface area contributed by atoms with E-state index in [1.165, 1.54) is 10.4 Å². The van der Waals surface area contributed by atoms with Crippen LogP contribution in [0, 0.1) is 12.7 Å². The highest BCUT2D eigenvalue weighted by molar-refractivity contribution is 7.99. The highest BCUT2D eigenvalue weighted by atomic mass is 32.2. The molecule has 0 saturated carbocycles. The molecule has 156 valence electrons. The number of benzene rings is 2. The summed E-state index contributed by atoms with van der Waals surface area (Å²) >= 11 is 1.59. The van der Waals surface area contributed by atoms with Gasteiger partial charge in [-0.3, -0.25) is 4.79 Å². The van der Waals surface area contributed by atoms with Crippen LogP contribution in [0.2, 0.25) is 0 Å². The summed E-state index contributed by atoms with van der Waals surface area (Å²) in [6, 6.07) is 11.5. The van der Waals surface area contributed by atoms with Gasteiger partial charge in [-0.15, -0.1) is 0 Å². The Hall–Kier alpha value is -1.90. The molecule has 0 aliphatic carbocycles. The van der Waals surface area contributed by atoms with Crippen molar-refractivity contribution in [3.8, 4) is 0 Å². The van der Waals surface area contributed by atoms with E-state index in [9.17, 15) is 17.6 Å². The molecule has 3 rings (SSSR count). The molecule has 0 bridgehead atoms. The maximum Gasteiger partial charge on any atom is 0.243 e. The monoisotopic (exact) mass is 436 g/mol. The summed E-state index contributed by atoms with van der Waals surface area (Å²) in [6.07, 6.45) is 0.905. The van der Waals surface area contributed by atoms with E-state index in [1.807, 2.05) is 0 Å². The number of rotatable bonds is 5. The van der Waals surface area contributed by atoms with Crippen LogP contribution >= 0.6 is 11.8 Å². The van der Waals surface area contributed by atoms with Gasteiger partial charge >= 0.3 is 0 Å². The zero-order valence-electron chi connectivity index (χ0n) is 16.5. The van der Waals surface area contributed by atoms with Gasteiger partial charge < -0.3 is 5.32 Å². The van der Waals surface area contributed by atoms with E-state index in [0.29, 0.717) is 48.5 Å². The number of hydrogen-bond donors (Lipinski definition) is 1. The Kier molecular flexibility index (Phi) is 6.97. The molecule has 8 heteroatoms. The highest BCUT2D eigenvalue weighted by Gasteiger charge is 2.30. The molecule has 1 heterocycles. The number of carbonyl (C=O) groups is 1. The molecule has 2 aromatic rings. The highest BCUT2D eigenvalue weighted by Crippen LogP contribution is 2.37. The van der Waals surface area contributed by atoms with Crippen LogP contribution in [-0.4, -0.2) is 37.5 Å². The molecule has 29 heavy (non-hydrogen) atoms. The van der Waals surface area contributed by atoms with Crippen molar-refractivity contribution < 1.29 is 17.6 Å². The number of thioether (sulfide) groups is 1. The van der Waals surface area contributed by atoms with Gasteiger partial charge in [-0.2, -0.15) is 16.1 Å². The first-order valence-corrected chi connectivity index (χ1v) is 12.1. The van der Waals surface area contributed by atoms with Gasteiger partial charge in [-0.1, -0.05) is 25.1 Å². The lowest BCUT2D eigenvalue weighted by atomic mass is 10.1. The van der Waals surface area contributed by atoms with Crippen molar-refractivity contribution in [2.75, 3.05) is 24.2 Å². The zero-order valence-corrected chi connectivity index (χ0v) is 18.2. The molecule has 0 radical (unpaired) electrons. The van der Waals surface area contributed by atoms with Crippen molar-refractivity contribution in [2.24, 2.45) is 0 Å². The van der Waals surface area contributed by atoms with Gasteiger partial charge in [0.05, 0.1) is 4.90 Å². The third kappa shape index (κ3) is 4.99. The maximum atomic E-state index is 14.1. The molecule has 0 spiro atoms. The Morgan fingerprint density at radius 2 is 2.00 bits per heavy atom. The Balaban J connectivity index is 1.78. The summed E-state index contributed by atoms with van der Waals surface area (Å²) in [4.78, 5) is 11.8. The maximum absolute atomic E-state index is 14.1. The van der Waals surface area contributed by atoms with Crippen LogP contribution in [0.1, 0.15) is 36.1 Å². The van der Waals surface area contributed by atoms with Crippen molar-refractivity contribution in [2.45, 2.75) is 36.8 Å². The van der Waals surface area contributed by atoms with Gasteiger partial charge in [-0.05, 0) is 43.2 Å². The minimum atomic E-state index is -3.67. The van der Waals surface area contributed by atoms with Crippen LogP contribution in [0.25, 0.3) is 0 Å². The molecule has 1 amide bonds. The third-order valence-corrected chi connectivity index (χ3v) is 8.32. The minimum absolute atomic E-state index is 0.0656. The molecular formula is C21H25FN2O3S2. The summed E-state index contributed by atoms with van der Waals surface area (Å²) in [7, 11) is -3.67. The van der Waals surface area contributed by atoms with Crippen LogP contribution in [0.4, 0.5) is 10.1 Å². The van der Waals surface area contributed by atoms with E-state index in [0.717, 1.165) is 0 Å². The van der Waals surface area contributed by atoms with Crippen molar-refractivity contribution >= 4 is 33.4 Å². The lowest BCUT2D eigenvalue weighted by Crippen LogP contribution is -2.33. The summed E-state index contributed by atoms with van der Waals surface area (Å²) in [6.45, 7) is 4.20. The lowest BCUT2D eigenvalue weighted by Gasteiger charge is -2.21. The minimum Gasteiger partial charge on any atom is -0.326 e. The first-order chi connectivity index (χ1) is 13.8. The first kappa shape index (κ1) is 21.8. The summed E-state index contributed by atoms with van der Waals surface area (Å²) in [5.74, 6) is 0.229. The number of amides is 1. The molecule has 1 unspecified atom stereocenters. The van der Waals surface area contributed by atoms with E-state index < -0.39 is 10.0 Å². The molecule has 1 N–H and O–H groups in total. The van der Waals surface area contributed by atoms with E-state index in [2.05, 4.69) is 5.32 Å². The summed E-state index contributed by atoms with van der Waals surface area (Å²) < 4.78 is 42.0. The fourth-order valence-corrected chi connectivity index (χ4v) is 6.41.